The highest BCUT2D eigenvalue weighted by atomic mass is 16.5. The lowest BCUT2D eigenvalue weighted by molar-refractivity contribution is -0.126. The number of hydrogen-bond donors (Lipinski definition) is 1. The maximum absolute atomic E-state index is 12.6. The van der Waals surface area contributed by atoms with Crippen LogP contribution in [0.15, 0.2) is 40.8 Å². The van der Waals surface area contributed by atoms with Crippen LogP contribution in [0.3, 0.4) is 0 Å². The first-order valence-electron chi connectivity index (χ1n) is 9.83. The van der Waals surface area contributed by atoms with Crippen molar-refractivity contribution in [2.75, 3.05) is 6.61 Å². The van der Waals surface area contributed by atoms with Gasteiger partial charge in [-0.05, 0) is 25.2 Å². The Hall–Kier alpha value is -3.33. The van der Waals surface area contributed by atoms with Crippen LogP contribution in [0, 0.1) is 18.3 Å². The molecule has 0 radical (unpaired) electrons. The van der Waals surface area contributed by atoms with Gasteiger partial charge >= 0.3 is 5.97 Å². The molecule has 1 amide bonds. The number of rotatable bonds is 4. The van der Waals surface area contributed by atoms with Gasteiger partial charge in [0, 0.05) is 16.3 Å². The Bertz CT molecular complexity index is 1130. The number of nitriles is 1. The van der Waals surface area contributed by atoms with Crippen molar-refractivity contribution in [3.8, 4) is 6.07 Å². The lowest BCUT2D eigenvalue weighted by atomic mass is 9.83. The van der Waals surface area contributed by atoms with E-state index in [1.165, 1.54) is 0 Å². The highest BCUT2D eigenvalue weighted by Gasteiger charge is 2.34. The molecule has 0 aliphatic heterocycles. The molecule has 1 saturated carbocycles. The van der Waals surface area contributed by atoms with Gasteiger partial charge < -0.3 is 14.5 Å². The van der Waals surface area contributed by atoms with Crippen molar-refractivity contribution in [2.45, 2.75) is 44.6 Å². The number of carbonyl (C=O) groups excluding carboxylic acids is 2. The second-order valence-electron chi connectivity index (χ2n) is 7.60. The maximum atomic E-state index is 12.6. The summed E-state index contributed by atoms with van der Waals surface area (Å²) < 4.78 is 11.0. The molecule has 0 atom stereocenters. The van der Waals surface area contributed by atoms with Gasteiger partial charge in [-0.3, -0.25) is 4.79 Å². The van der Waals surface area contributed by atoms with Crippen LogP contribution in [-0.4, -0.2) is 24.0 Å². The fraction of sp³-hybridized carbons (Fsp3) is 0.348. The summed E-state index contributed by atoms with van der Waals surface area (Å²) in [6, 6.07) is 13.9. The van der Waals surface area contributed by atoms with Crippen molar-refractivity contribution >= 4 is 33.6 Å². The Morgan fingerprint density at radius 3 is 2.66 bits per heavy atom. The molecular weight excluding hydrogens is 368 g/mol. The molecule has 0 bridgehead atoms. The Kier molecular flexibility index (Phi) is 4.98. The van der Waals surface area contributed by atoms with E-state index >= 15 is 0 Å². The molecule has 3 aromatic rings. The molecule has 0 unspecified atom stereocenters. The first-order valence-corrected chi connectivity index (χ1v) is 9.83. The van der Waals surface area contributed by atoms with Gasteiger partial charge in [0.2, 0.25) is 5.76 Å². The fourth-order valence-corrected chi connectivity index (χ4v) is 4.06. The zero-order valence-electron chi connectivity index (χ0n) is 16.3. The second-order valence-corrected chi connectivity index (χ2v) is 7.60. The number of nitrogens with one attached hydrogen (secondary N) is 1. The van der Waals surface area contributed by atoms with Crippen molar-refractivity contribution in [3.05, 3.63) is 47.7 Å². The van der Waals surface area contributed by atoms with Crippen molar-refractivity contribution in [3.63, 3.8) is 0 Å². The van der Waals surface area contributed by atoms with Gasteiger partial charge in [-0.1, -0.05) is 55.7 Å². The van der Waals surface area contributed by atoms with E-state index < -0.39 is 24.0 Å². The summed E-state index contributed by atoms with van der Waals surface area (Å²) in [5, 5.41) is 15.0. The summed E-state index contributed by atoms with van der Waals surface area (Å²) in [5.74, 6) is -1.06. The molecule has 2 aromatic carbocycles. The van der Waals surface area contributed by atoms with E-state index in [9.17, 15) is 14.9 Å². The Labute approximate surface area is 168 Å². The van der Waals surface area contributed by atoms with E-state index in [1.807, 2.05) is 36.4 Å². The van der Waals surface area contributed by atoms with Gasteiger partial charge in [0.1, 0.15) is 11.1 Å². The molecule has 1 heterocycles. The summed E-state index contributed by atoms with van der Waals surface area (Å²) >= 11 is 0. The minimum Gasteiger partial charge on any atom is -0.450 e. The molecule has 1 fully saturated rings. The zero-order valence-corrected chi connectivity index (χ0v) is 16.3. The third kappa shape index (κ3) is 3.56. The van der Waals surface area contributed by atoms with Crippen LogP contribution in [-0.2, 0) is 9.53 Å². The highest BCUT2D eigenvalue weighted by molar-refractivity contribution is 6.08. The van der Waals surface area contributed by atoms with Gasteiger partial charge in [-0.25, -0.2) is 4.79 Å². The number of nitrogens with zero attached hydrogens (tertiary/aromatic N) is 1. The van der Waals surface area contributed by atoms with Gasteiger partial charge in [-0.15, -0.1) is 0 Å². The number of amides is 1. The topological polar surface area (TPSA) is 92.3 Å². The van der Waals surface area contributed by atoms with Gasteiger partial charge in [0.25, 0.3) is 5.91 Å². The van der Waals surface area contributed by atoms with E-state index in [1.54, 1.807) is 6.92 Å². The monoisotopic (exact) mass is 390 g/mol. The van der Waals surface area contributed by atoms with E-state index in [4.69, 9.17) is 9.15 Å². The molecule has 29 heavy (non-hydrogen) atoms. The molecule has 148 valence electrons. The number of carbonyl (C=O) groups is 2. The summed E-state index contributed by atoms with van der Waals surface area (Å²) in [6.07, 6.45) is 4.12. The first kappa shape index (κ1) is 19.0. The summed E-state index contributed by atoms with van der Waals surface area (Å²) in [6.45, 7) is 1.35. The van der Waals surface area contributed by atoms with Crippen molar-refractivity contribution in [1.82, 2.24) is 5.32 Å². The van der Waals surface area contributed by atoms with Gasteiger partial charge in [0.05, 0.1) is 6.07 Å². The second kappa shape index (κ2) is 7.59. The van der Waals surface area contributed by atoms with Crippen LogP contribution in [0.1, 0.15) is 48.2 Å². The number of esters is 1. The summed E-state index contributed by atoms with van der Waals surface area (Å²) in [7, 11) is 0. The number of hydrogen-bond acceptors (Lipinski definition) is 5. The number of benzene rings is 2. The van der Waals surface area contributed by atoms with Crippen molar-refractivity contribution < 1.29 is 18.7 Å². The smallest absolute Gasteiger partial charge is 0.375 e. The summed E-state index contributed by atoms with van der Waals surface area (Å²) in [4.78, 5) is 24.8. The number of ether oxygens (including phenoxy) is 1. The van der Waals surface area contributed by atoms with Gasteiger partial charge in [0.15, 0.2) is 6.61 Å². The molecule has 4 rings (SSSR count). The molecule has 1 aromatic heterocycles. The molecule has 1 N–H and O–H groups in total. The largest absolute Gasteiger partial charge is 0.450 e. The number of aryl methyl sites for hydroxylation is 1. The molecule has 1 aliphatic rings. The minimum absolute atomic E-state index is 0.0943. The molecule has 6 heteroatoms. The maximum Gasteiger partial charge on any atom is 0.375 e. The SMILES string of the molecule is Cc1c(C(=O)OCC(=O)NC2(C#N)CCCCC2)oc2c1ccc1ccccc12. The minimum atomic E-state index is -0.851. The Morgan fingerprint density at radius 2 is 1.90 bits per heavy atom. The first-order chi connectivity index (χ1) is 14.0. The third-order valence-electron chi connectivity index (χ3n) is 5.65. The quantitative estimate of drug-likeness (QED) is 0.667. The Morgan fingerprint density at radius 1 is 1.14 bits per heavy atom. The number of fused-ring (bicyclic) bond motifs is 3. The van der Waals surface area contributed by atoms with Crippen molar-refractivity contribution in [2.24, 2.45) is 0 Å². The Balaban J connectivity index is 1.49. The molecule has 1 aliphatic carbocycles. The van der Waals surface area contributed by atoms with Crippen LogP contribution in [0.4, 0.5) is 0 Å². The van der Waals surface area contributed by atoms with Crippen LogP contribution in [0.5, 0.6) is 0 Å². The van der Waals surface area contributed by atoms with Crippen LogP contribution in [0.2, 0.25) is 0 Å². The predicted octanol–water partition coefficient (Wildman–Crippen LogP) is 4.39. The van der Waals surface area contributed by atoms with Crippen molar-refractivity contribution in [1.29, 1.82) is 5.26 Å². The lowest BCUT2D eigenvalue weighted by Crippen LogP contribution is -2.50. The fourth-order valence-electron chi connectivity index (χ4n) is 4.06. The average molecular weight is 390 g/mol. The molecule has 0 saturated heterocycles. The van der Waals surface area contributed by atoms with E-state index in [0.29, 0.717) is 24.0 Å². The van der Waals surface area contributed by atoms with Gasteiger partial charge in [-0.2, -0.15) is 5.26 Å². The molecule has 6 nitrogen and oxygen atoms in total. The molecular formula is C23H22N2O4. The lowest BCUT2D eigenvalue weighted by Gasteiger charge is -2.31. The third-order valence-corrected chi connectivity index (χ3v) is 5.65. The number of furan rings is 1. The zero-order chi connectivity index (χ0) is 20.4. The van der Waals surface area contributed by atoms with Crippen LogP contribution >= 0.6 is 0 Å². The highest BCUT2D eigenvalue weighted by Crippen LogP contribution is 2.32. The van der Waals surface area contributed by atoms with E-state index in [-0.39, 0.29) is 5.76 Å². The van der Waals surface area contributed by atoms with Crippen LogP contribution in [0.25, 0.3) is 21.7 Å². The van der Waals surface area contributed by atoms with E-state index in [0.717, 1.165) is 35.4 Å². The standard InChI is InChI=1S/C23H22N2O4/c1-15-17-10-9-16-7-3-4-8-18(16)21(17)29-20(15)22(27)28-13-19(26)25-23(14-24)11-5-2-6-12-23/h3-4,7-10H,2,5-6,11-13H2,1H3,(H,25,26). The van der Waals surface area contributed by atoms with Crippen LogP contribution < -0.4 is 5.32 Å². The predicted molar refractivity (Wildman–Crippen MR) is 108 cm³/mol. The summed E-state index contributed by atoms with van der Waals surface area (Å²) in [5.41, 5.74) is 0.454. The average Bonchev–Trinajstić information content (AvgIpc) is 3.10. The van der Waals surface area contributed by atoms with E-state index in [2.05, 4.69) is 11.4 Å². The molecule has 0 spiro atoms. The normalized spacial score (nSPS) is 15.7.